The monoisotopic (exact) mass is 425 g/mol. The van der Waals surface area contributed by atoms with Crippen LogP contribution in [0.5, 0.6) is 0 Å². The van der Waals surface area contributed by atoms with E-state index in [0.29, 0.717) is 26.1 Å². The third-order valence-corrected chi connectivity index (χ3v) is 6.34. The number of imide groups is 1. The van der Waals surface area contributed by atoms with E-state index in [0.717, 1.165) is 12.8 Å². The summed E-state index contributed by atoms with van der Waals surface area (Å²) in [5.41, 5.74) is 5.94. The molecule has 2 saturated heterocycles. The van der Waals surface area contributed by atoms with Crippen LogP contribution in [-0.2, 0) is 23.7 Å². The van der Waals surface area contributed by atoms with Gasteiger partial charge in [-0.25, -0.2) is 4.79 Å². The van der Waals surface area contributed by atoms with Crippen LogP contribution in [0.1, 0.15) is 40.0 Å². The predicted molar refractivity (Wildman–Crippen MR) is 110 cm³/mol. The number of rotatable bonds is 9. The van der Waals surface area contributed by atoms with Crippen molar-refractivity contribution in [1.29, 1.82) is 0 Å². The van der Waals surface area contributed by atoms with E-state index < -0.39 is 23.7 Å². The second-order valence-electron chi connectivity index (χ2n) is 8.84. The number of amides is 2. The van der Waals surface area contributed by atoms with Gasteiger partial charge in [-0.15, -0.1) is 0 Å². The van der Waals surface area contributed by atoms with Crippen LogP contribution in [0.25, 0.3) is 0 Å². The number of allylic oxidation sites excluding steroid dienone is 1. The molecular weight excluding hydrogens is 390 g/mol. The van der Waals surface area contributed by atoms with Gasteiger partial charge in [0.1, 0.15) is 23.4 Å². The molecule has 1 saturated carbocycles. The number of epoxide rings is 2. The van der Waals surface area contributed by atoms with E-state index in [1.165, 1.54) is 5.57 Å². The number of nitrogens with two attached hydrogens (primary N) is 1. The summed E-state index contributed by atoms with van der Waals surface area (Å²) in [6.07, 6.45) is 2.83. The van der Waals surface area contributed by atoms with Crippen LogP contribution in [0.4, 0.5) is 4.79 Å². The van der Waals surface area contributed by atoms with E-state index in [-0.39, 0.29) is 30.3 Å². The van der Waals surface area contributed by atoms with E-state index in [4.69, 9.17) is 24.7 Å². The SMILES string of the molecule is CO[C@@H]1[C@H](OC(=O)NC(=O)CNCCN)CC[C@]2(CO2)[C@H]1[C@@]1(C)O[C@@H]1CC=C(C)C. The normalized spacial score (nSPS) is 36.8. The highest BCUT2D eigenvalue weighted by molar-refractivity contribution is 5.92. The summed E-state index contributed by atoms with van der Waals surface area (Å²) in [5.74, 6) is -0.518. The Kier molecular flexibility index (Phi) is 7.19. The number of methoxy groups -OCH3 is 1. The van der Waals surface area contributed by atoms with E-state index in [1.807, 2.05) is 0 Å². The number of alkyl carbamates (subject to hydrolysis) is 1. The molecule has 1 aliphatic carbocycles. The van der Waals surface area contributed by atoms with Crippen LogP contribution < -0.4 is 16.4 Å². The molecule has 3 fully saturated rings. The molecule has 6 atom stereocenters. The van der Waals surface area contributed by atoms with Crippen LogP contribution in [0.3, 0.4) is 0 Å². The van der Waals surface area contributed by atoms with Crippen molar-refractivity contribution in [1.82, 2.24) is 10.6 Å². The van der Waals surface area contributed by atoms with Gasteiger partial charge < -0.3 is 30.0 Å². The minimum Gasteiger partial charge on any atom is -0.443 e. The van der Waals surface area contributed by atoms with E-state index in [1.54, 1.807) is 7.11 Å². The first-order valence-electron chi connectivity index (χ1n) is 10.6. The summed E-state index contributed by atoms with van der Waals surface area (Å²) < 4.78 is 23.5. The third kappa shape index (κ3) is 5.03. The number of carbonyl (C=O) groups is 2. The average molecular weight is 426 g/mol. The summed E-state index contributed by atoms with van der Waals surface area (Å²) >= 11 is 0. The van der Waals surface area contributed by atoms with Crippen molar-refractivity contribution in [2.45, 2.75) is 69.5 Å². The van der Waals surface area contributed by atoms with E-state index in [9.17, 15) is 9.59 Å². The van der Waals surface area contributed by atoms with Crippen LogP contribution in [0.2, 0.25) is 0 Å². The number of nitrogens with one attached hydrogen (secondary N) is 2. The zero-order chi connectivity index (χ0) is 21.9. The highest BCUT2D eigenvalue weighted by Crippen LogP contribution is 2.59. The molecule has 9 nitrogen and oxygen atoms in total. The molecule has 0 aromatic carbocycles. The zero-order valence-electron chi connectivity index (χ0n) is 18.4. The van der Waals surface area contributed by atoms with Crippen molar-refractivity contribution in [3.8, 4) is 0 Å². The topological polar surface area (TPSA) is 128 Å². The van der Waals surface area contributed by atoms with Gasteiger partial charge in [0.15, 0.2) is 0 Å². The summed E-state index contributed by atoms with van der Waals surface area (Å²) in [4.78, 5) is 24.1. The first kappa shape index (κ1) is 23.1. The number of carbonyl (C=O) groups excluding carboxylic acids is 2. The molecule has 0 aromatic rings. The Bertz CT molecular complexity index is 676. The molecule has 0 bridgehead atoms. The molecule has 3 aliphatic rings. The number of hydrogen-bond donors (Lipinski definition) is 3. The predicted octanol–water partition coefficient (Wildman–Crippen LogP) is 0.864. The van der Waals surface area contributed by atoms with E-state index in [2.05, 4.69) is 37.5 Å². The van der Waals surface area contributed by atoms with Gasteiger partial charge in [-0.05, 0) is 40.0 Å². The van der Waals surface area contributed by atoms with Crippen molar-refractivity contribution >= 4 is 12.0 Å². The van der Waals surface area contributed by atoms with Gasteiger partial charge in [0.05, 0.1) is 25.2 Å². The second-order valence-corrected chi connectivity index (χ2v) is 8.84. The molecule has 4 N–H and O–H groups in total. The van der Waals surface area contributed by atoms with Gasteiger partial charge in [-0.3, -0.25) is 10.1 Å². The molecule has 2 amide bonds. The highest BCUT2D eigenvalue weighted by atomic mass is 16.6. The lowest BCUT2D eigenvalue weighted by Crippen LogP contribution is -2.56. The largest absolute Gasteiger partial charge is 0.443 e. The van der Waals surface area contributed by atoms with Gasteiger partial charge in [-0.2, -0.15) is 0 Å². The average Bonchev–Trinajstić information content (AvgIpc) is 3.59. The van der Waals surface area contributed by atoms with E-state index >= 15 is 0 Å². The molecule has 3 rings (SSSR count). The van der Waals surface area contributed by atoms with Gasteiger partial charge >= 0.3 is 6.09 Å². The van der Waals surface area contributed by atoms with Crippen molar-refractivity contribution < 1.29 is 28.5 Å². The molecule has 0 radical (unpaired) electrons. The van der Waals surface area contributed by atoms with Gasteiger partial charge in [-0.1, -0.05) is 11.6 Å². The number of ether oxygens (including phenoxy) is 4. The lowest BCUT2D eigenvalue weighted by molar-refractivity contribution is -0.125. The highest BCUT2D eigenvalue weighted by Gasteiger charge is 2.72. The number of hydrogen-bond acceptors (Lipinski definition) is 8. The van der Waals surface area contributed by atoms with Crippen LogP contribution in [-0.4, -0.2) is 74.9 Å². The zero-order valence-corrected chi connectivity index (χ0v) is 18.4. The molecule has 1 spiro atoms. The minimum atomic E-state index is -0.768. The third-order valence-electron chi connectivity index (χ3n) is 6.34. The van der Waals surface area contributed by atoms with Gasteiger partial charge in [0.25, 0.3) is 0 Å². The fraction of sp³-hybridized carbons (Fsp3) is 0.810. The van der Waals surface area contributed by atoms with Crippen molar-refractivity contribution in [2.24, 2.45) is 11.7 Å². The van der Waals surface area contributed by atoms with Crippen LogP contribution in [0.15, 0.2) is 11.6 Å². The molecule has 2 heterocycles. The first-order valence-corrected chi connectivity index (χ1v) is 10.6. The fourth-order valence-corrected chi connectivity index (χ4v) is 4.70. The Morgan fingerprint density at radius 2 is 2.07 bits per heavy atom. The maximum Gasteiger partial charge on any atom is 0.414 e. The lowest BCUT2D eigenvalue weighted by atomic mass is 9.68. The summed E-state index contributed by atoms with van der Waals surface area (Å²) in [6, 6.07) is 0. The Morgan fingerprint density at radius 3 is 2.67 bits per heavy atom. The van der Waals surface area contributed by atoms with Crippen LogP contribution in [0, 0.1) is 5.92 Å². The minimum absolute atomic E-state index is 0.00219. The Labute approximate surface area is 178 Å². The Hall–Kier alpha value is -1.52. The Morgan fingerprint density at radius 1 is 1.33 bits per heavy atom. The molecule has 0 unspecified atom stereocenters. The van der Waals surface area contributed by atoms with Crippen LogP contribution >= 0.6 is 0 Å². The molecule has 2 aliphatic heterocycles. The smallest absolute Gasteiger partial charge is 0.414 e. The molecule has 30 heavy (non-hydrogen) atoms. The maximum atomic E-state index is 12.3. The van der Waals surface area contributed by atoms with Gasteiger partial charge in [0.2, 0.25) is 5.91 Å². The quantitative estimate of drug-likeness (QED) is 0.282. The van der Waals surface area contributed by atoms with Gasteiger partial charge in [0, 0.05) is 20.2 Å². The standard InChI is InChI=1S/C21H35N3O6/c1-13(2)5-6-15-20(3,30-15)18-17(27-4)14(7-8-21(18)12-28-21)29-19(26)24-16(25)11-23-10-9-22/h5,14-15,17-18,23H,6-12,22H2,1-4H3,(H,24,25,26)/t14-,15-,17-,18-,20+,21+/m1/s1. The summed E-state index contributed by atoms with van der Waals surface area (Å²) in [5, 5.41) is 5.08. The lowest BCUT2D eigenvalue weighted by Gasteiger charge is -2.42. The first-order chi connectivity index (χ1) is 14.3. The summed E-state index contributed by atoms with van der Waals surface area (Å²) in [7, 11) is 1.62. The maximum absolute atomic E-state index is 12.3. The van der Waals surface area contributed by atoms with Crippen molar-refractivity contribution in [3.05, 3.63) is 11.6 Å². The van der Waals surface area contributed by atoms with Crippen molar-refractivity contribution in [2.75, 3.05) is 33.4 Å². The molecular formula is C21H35N3O6. The van der Waals surface area contributed by atoms with Crippen molar-refractivity contribution in [3.63, 3.8) is 0 Å². The molecule has 170 valence electrons. The Balaban J connectivity index is 1.63. The second kappa shape index (κ2) is 9.32. The molecule has 9 heteroatoms. The fourth-order valence-electron chi connectivity index (χ4n) is 4.70. The molecule has 0 aromatic heterocycles. The summed E-state index contributed by atoms with van der Waals surface area (Å²) in [6.45, 7) is 7.80.